The van der Waals surface area contributed by atoms with Crippen LogP contribution in [0, 0.1) is 5.92 Å². The molecule has 2 N–H and O–H groups in total. The number of hydrogen-bond acceptors (Lipinski definition) is 6. The number of aromatic nitrogens is 2. The molecule has 0 radical (unpaired) electrons. The van der Waals surface area contributed by atoms with Gasteiger partial charge in [-0.25, -0.2) is 0 Å². The van der Waals surface area contributed by atoms with Crippen LogP contribution in [0.2, 0.25) is 0 Å². The molecule has 1 atom stereocenters. The highest BCUT2D eigenvalue weighted by molar-refractivity contribution is 5.93. The van der Waals surface area contributed by atoms with E-state index >= 15 is 0 Å². The first kappa shape index (κ1) is 20.5. The van der Waals surface area contributed by atoms with Crippen molar-refractivity contribution in [2.45, 2.75) is 45.1 Å². The summed E-state index contributed by atoms with van der Waals surface area (Å²) in [6.07, 6.45) is 3.21. The van der Waals surface area contributed by atoms with Gasteiger partial charge in [-0.05, 0) is 59.7 Å². The van der Waals surface area contributed by atoms with Crippen molar-refractivity contribution < 1.29 is 14.1 Å². The molecule has 0 aliphatic carbocycles. The van der Waals surface area contributed by atoms with E-state index in [4.69, 9.17) is 15.0 Å². The molecule has 166 valence electrons. The second kappa shape index (κ2) is 8.30. The first-order valence-electron chi connectivity index (χ1n) is 11.3. The van der Waals surface area contributed by atoms with Crippen LogP contribution in [0.5, 0.6) is 5.75 Å². The van der Waals surface area contributed by atoms with E-state index in [1.807, 2.05) is 12.1 Å². The number of fused-ring (bicyclic) bond motifs is 1. The number of primary amides is 1. The molecule has 2 aromatic carbocycles. The summed E-state index contributed by atoms with van der Waals surface area (Å²) in [4.78, 5) is 18.0. The molecular weight excluding hydrogens is 404 g/mol. The van der Waals surface area contributed by atoms with Crippen molar-refractivity contribution in [3.05, 3.63) is 59.4 Å². The van der Waals surface area contributed by atoms with E-state index in [-0.39, 0.29) is 12.0 Å². The summed E-state index contributed by atoms with van der Waals surface area (Å²) in [6.45, 7) is 5.94. The number of piperidine rings is 1. The van der Waals surface area contributed by atoms with Gasteiger partial charge in [0.1, 0.15) is 11.9 Å². The van der Waals surface area contributed by atoms with E-state index in [2.05, 4.69) is 47.1 Å². The third kappa shape index (κ3) is 3.95. The van der Waals surface area contributed by atoms with Gasteiger partial charge in [0.15, 0.2) is 5.82 Å². The number of ether oxygens (including phenoxy) is 1. The monoisotopic (exact) mass is 432 g/mol. The van der Waals surface area contributed by atoms with Crippen molar-refractivity contribution in [2.24, 2.45) is 11.7 Å². The van der Waals surface area contributed by atoms with E-state index in [9.17, 15) is 4.79 Å². The molecule has 2 aliphatic rings. The van der Waals surface area contributed by atoms with Crippen LogP contribution in [-0.2, 0) is 6.42 Å². The lowest BCUT2D eigenvalue weighted by molar-refractivity contribution is 0.100. The van der Waals surface area contributed by atoms with E-state index in [1.165, 1.54) is 5.56 Å². The summed E-state index contributed by atoms with van der Waals surface area (Å²) < 4.78 is 11.8. The van der Waals surface area contributed by atoms with Crippen LogP contribution in [0.1, 0.15) is 54.4 Å². The largest absolute Gasteiger partial charge is 0.490 e. The van der Waals surface area contributed by atoms with Gasteiger partial charge in [0.25, 0.3) is 0 Å². The number of carbonyl (C=O) groups excluding carboxylic acids is 1. The van der Waals surface area contributed by atoms with Crippen molar-refractivity contribution in [3.8, 4) is 16.9 Å². The zero-order valence-corrected chi connectivity index (χ0v) is 18.5. The number of benzene rings is 2. The molecule has 1 aromatic heterocycles. The highest BCUT2D eigenvalue weighted by Crippen LogP contribution is 2.38. The lowest BCUT2D eigenvalue weighted by Gasteiger charge is -2.33. The molecular formula is C25H28N4O3. The van der Waals surface area contributed by atoms with Gasteiger partial charge in [0.05, 0.1) is 0 Å². The Labute approximate surface area is 187 Å². The molecule has 1 fully saturated rings. The number of carbonyl (C=O) groups is 1. The normalized spacial score (nSPS) is 18.6. The first-order valence-corrected chi connectivity index (χ1v) is 11.3. The Morgan fingerprint density at radius 2 is 1.81 bits per heavy atom. The number of amides is 1. The number of rotatable bonds is 5. The molecule has 1 unspecified atom stereocenters. The Kier molecular flexibility index (Phi) is 5.33. The standard InChI is InChI=1S/C25H28N4O3/c1-15(2)24-27-25(32-28-24)29-11-9-17(10-12-29)22-14-20-13-19(7-8-21(20)31-22)16-3-5-18(6-4-16)23(26)30/h3-8,13,15,17,22H,9-12,14H2,1-2H3,(H2,26,30). The molecule has 5 rings (SSSR count). The fourth-order valence-corrected chi connectivity index (χ4v) is 4.60. The molecule has 3 heterocycles. The van der Waals surface area contributed by atoms with Gasteiger partial charge in [-0.2, -0.15) is 4.98 Å². The maximum atomic E-state index is 11.3. The van der Waals surface area contributed by atoms with Gasteiger partial charge in [-0.1, -0.05) is 37.2 Å². The van der Waals surface area contributed by atoms with Crippen LogP contribution < -0.4 is 15.4 Å². The molecule has 0 saturated carbocycles. The summed E-state index contributed by atoms with van der Waals surface area (Å²) in [7, 11) is 0. The summed E-state index contributed by atoms with van der Waals surface area (Å²) >= 11 is 0. The zero-order chi connectivity index (χ0) is 22.2. The van der Waals surface area contributed by atoms with E-state index in [0.29, 0.717) is 17.5 Å². The summed E-state index contributed by atoms with van der Waals surface area (Å²) in [5.74, 6) is 2.10. The summed E-state index contributed by atoms with van der Waals surface area (Å²) in [5, 5.41) is 4.09. The van der Waals surface area contributed by atoms with Crippen molar-refractivity contribution in [1.29, 1.82) is 0 Å². The molecule has 7 heteroatoms. The average molecular weight is 433 g/mol. The second-order valence-corrected chi connectivity index (χ2v) is 9.04. The smallest absolute Gasteiger partial charge is 0.324 e. The van der Waals surface area contributed by atoms with Crippen LogP contribution in [0.15, 0.2) is 47.0 Å². The first-order chi connectivity index (χ1) is 15.5. The van der Waals surface area contributed by atoms with E-state index in [1.54, 1.807) is 12.1 Å². The fourth-order valence-electron chi connectivity index (χ4n) is 4.60. The van der Waals surface area contributed by atoms with Gasteiger partial charge in [0, 0.05) is 31.0 Å². The van der Waals surface area contributed by atoms with Gasteiger partial charge < -0.3 is 19.9 Å². The SMILES string of the molecule is CC(C)c1noc(N2CCC(C3Cc4cc(-c5ccc(C(N)=O)cc5)ccc4O3)CC2)n1. The highest BCUT2D eigenvalue weighted by atomic mass is 16.5. The molecule has 1 saturated heterocycles. The number of anilines is 1. The Balaban J connectivity index is 1.22. The maximum Gasteiger partial charge on any atom is 0.324 e. The third-order valence-electron chi connectivity index (χ3n) is 6.55. The van der Waals surface area contributed by atoms with Crippen LogP contribution in [0.4, 0.5) is 6.01 Å². The topological polar surface area (TPSA) is 94.5 Å². The molecule has 32 heavy (non-hydrogen) atoms. The fraction of sp³-hybridized carbons (Fsp3) is 0.400. The predicted octanol–water partition coefficient (Wildman–Crippen LogP) is 4.18. The van der Waals surface area contributed by atoms with Crippen LogP contribution in [0.25, 0.3) is 11.1 Å². The second-order valence-electron chi connectivity index (χ2n) is 9.04. The van der Waals surface area contributed by atoms with Crippen molar-refractivity contribution in [2.75, 3.05) is 18.0 Å². The number of hydrogen-bond donors (Lipinski definition) is 1. The lowest BCUT2D eigenvalue weighted by Crippen LogP contribution is -2.39. The van der Waals surface area contributed by atoms with Crippen molar-refractivity contribution in [1.82, 2.24) is 10.1 Å². The molecule has 7 nitrogen and oxygen atoms in total. The minimum atomic E-state index is -0.410. The number of nitrogens with two attached hydrogens (primary N) is 1. The summed E-state index contributed by atoms with van der Waals surface area (Å²) in [5.41, 5.74) is 9.29. The minimum Gasteiger partial charge on any atom is -0.490 e. The van der Waals surface area contributed by atoms with Crippen molar-refractivity contribution in [3.63, 3.8) is 0 Å². The van der Waals surface area contributed by atoms with Crippen LogP contribution in [0.3, 0.4) is 0 Å². The van der Waals surface area contributed by atoms with Crippen LogP contribution in [-0.4, -0.2) is 35.2 Å². The van der Waals surface area contributed by atoms with E-state index < -0.39 is 5.91 Å². The Hall–Kier alpha value is -3.35. The zero-order valence-electron chi connectivity index (χ0n) is 18.5. The summed E-state index contributed by atoms with van der Waals surface area (Å²) in [6, 6.07) is 14.4. The lowest BCUT2D eigenvalue weighted by atomic mass is 9.88. The highest BCUT2D eigenvalue weighted by Gasteiger charge is 2.34. The maximum absolute atomic E-state index is 11.3. The molecule has 3 aromatic rings. The quantitative estimate of drug-likeness (QED) is 0.650. The Morgan fingerprint density at radius 3 is 2.47 bits per heavy atom. The Morgan fingerprint density at radius 1 is 1.09 bits per heavy atom. The van der Waals surface area contributed by atoms with Gasteiger partial charge in [-0.3, -0.25) is 4.79 Å². The number of nitrogens with zero attached hydrogens (tertiary/aromatic N) is 3. The van der Waals surface area contributed by atoms with Gasteiger partial charge in [-0.15, -0.1) is 0 Å². The van der Waals surface area contributed by atoms with Gasteiger partial charge >= 0.3 is 6.01 Å². The van der Waals surface area contributed by atoms with Gasteiger partial charge in [0.2, 0.25) is 5.91 Å². The molecule has 0 bridgehead atoms. The van der Waals surface area contributed by atoms with E-state index in [0.717, 1.165) is 55.1 Å². The Bertz CT molecular complexity index is 1110. The minimum absolute atomic E-state index is 0.202. The molecule has 0 spiro atoms. The average Bonchev–Trinajstić information content (AvgIpc) is 3.46. The third-order valence-corrected chi connectivity index (χ3v) is 6.55. The predicted molar refractivity (Wildman–Crippen MR) is 122 cm³/mol. The van der Waals surface area contributed by atoms with Crippen LogP contribution >= 0.6 is 0 Å². The molecule has 2 aliphatic heterocycles. The molecule has 1 amide bonds. The van der Waals surface area contributed by atoms with Crippen molar-refractivity contribution >= 4 is 11.9 Å².